The summed E-state index contributed by atoms with van der Waals surface area (Å²) < 4.78 is 0. The molecule has 3 heteroatoms. The Hall–Kier alpha value is -0.570. The maximum absolute atomic E-state index is 12.5. The van der Waals surface area contributed by atoms with Gasteiger partial charge in [0.05, 0.1) is 0 Å². The Balaban J connectivity index is 2.05. The number of nitrogens with one attached hydrogen (secondary N) is 1. The van der Waals surface area contributed by atoms with Crippen molar-refractivity contribution in [2.75, 3.05) is 19.6 Å². The number of fused-ring (bicyclic) bond motifs is 1. The van der Waals surface area contributed by atoms with Crippen molar-refractivity contribution >= 4 is 5.91 Å². The third-order valence-electron chi connectivity index (χ3n) is 4.68. The summed E-state index contributed by atoms with van der Waals surface area (Å²) in [5.41, 5.74) is 0.0667. The predicted octanol–water partition coefficient (Wildman–Crippen LogP) is 1.88. The standard InChI is InChI=1S/C14H26N2O/c1-10(14(2,3)4)13(17)16-8-6-11-5-7-15-9-12(11)16/h10-12,15H,5-9H2,1-4H3/t10?,11-,12-/m1/s1. The highest BCUT2D eigenvalue weighted by Crippen LogP contribution is 2.33. The predicted molar refractivity (Wildman–Crippen MR) is 69.7 cm³/mol. The van der Waals surface area contributed by atoms with E-state index in [9.17, 15) is 4.79 Å². The highest BCUT2D eigenvalue weighted by Gasteiger charge is 2.41. The van der Waals surface area contributed by atoms with Crippen LogP contribution < -0.4 is 5.32 Å². The van der Waals surface area contributed by atoms with E-state index in [1.54, 1.807) is 0 Å². The molecule has 1 amide bonds. The molecule has 98 valence electrons. The lowest BCUT2D eigenvalue weighted by atomic mass is 9.81. The maximum Gasteiger partial charge on any atom is 0.226 e. The van der Waals surface area contributed by atoms with Gasteiger partial charge in [0.25, 0.3) is 0 Å². The minimum atomic E-state index is 0.0667. The molecule has 2 rings (SSSR count). The van der Waals surface area contributed by atoms with Crippen LogP contribution in [0, 0.1) is 17.3 Å². The van der Waals surface area contributed by atoms with E-state index in [0.29, 0.717) is 11.9 Å². The molecule has 1 unspecified atom stereocenters. The fourth-order valence-electron chi connectivity index (χ4n) is 2.96. The quantitative estimate of drug-likeness (QED) is 0.756. The van der Waals surface area contributed by atoms with E-state index in [2.05, 4.69) is 37.9 Å². The van der Waals surface area contributed by atoms with Gasteiger partial charge < -0.3 is 10.2 Å². The summed E-state index contributed by atoms with van der Waals surface area (Å²) in [6, 6.07) is 0.459. The van der Waals surface area contributed by atoms with Crippen molar-refractivity contribution in [1.82, 2.24) is 10.2 Å². The summed E-state index contributed by atoms with van der Waals surface area (Å²) in [7, 11) is 0. The van der Waals surface area contributed by atoms with E-state index in [1.807, 2.05) is 0 Å². The van der Waals surface area contributed by atoms with Gasteiger partial charge in [-0.15, -0.1) is 0 Å². The van der Waals surface area contributed by atoms with E-state index in [4.69, 9.17) is 0 Å². The molecular weight excluding hydrogens is 212 g/mol. The maximum atomic E-state index is 12.5. The second kappa shape index (κ2) is 4.60. The first-order valence-corrected chi connectivity index (χ1v) is 6.92. The minimum absolute atomic E-state index is 0.0667. The number of likely N-dealkylation sites (tertiary alicyclic amines) is 1. The van der Waals surface area contributed by atoms with Crippen molar-refractivity contribution in [1.29, 1.82) is 0 Å². The zero-order valence-corrected chi connectivity index (χ0v) is 11.6. The molecule has 0 aromatic rings. The summed E-state index contributed by atoms with van der Waals surface area (Å²) in [5, 5.41) is 3.42. The van der Waals surface area contributed by atoms with E-state index < -0.39 is 0 Å². The van der Waals surface area contributed by atoms with Crippen LogP contribution in [-0.2, 0) is 4.79 Å². The normalized spacial score (nSPS) is 31.2. The molecule has 0 aromatic carbocycles. The number of hydrogen-bond acceptors (Lipinski definition) is 2. The van der Waals surface area contributed by atoms with Gasteiger partial charge in [0.2, 0.25) is 5.91 Å². The van der Waals surface area contributed by atoms with Crippen LogP contribution in [0.3, 0.4) is 0 Å². The molecular formula is C14H26N2O. The van der Waals surface area contributed by atoms with Gasteiger partial charge in [-0.25, -0.2) is 0 Å². The van der Waals surface area contributed by atoms with E-state index >= 15 is 0 Å². The van der Waals surface area contributed by atoms with Crippen LogP contribution in [0.5, 0.6) is 0 Å². The van der Waals surface area contributed by atoms with E-state index in [-0.39, 0.29) is 11.3 Å². The average Bonchev–Trinajstić information content (AvgIpc) is 2.69. The number of carbonyl (C=O) groups is 1. The van der Waals surface area contributed by atoms with Crippen LogP contribution in [-0.4, -0.2) is 36.5 Å². The van der Waals surface area contributed by atoms with Crippen molar-refractivity contribution in [3.63, 3.8) is 0 Å². The van der Waals surface area contributed by atoms with Crippen molar-refractivity contribution in [3.05, 3.63) is 0 Å². The Kier molecular flexibility index (Phi) is 3.48. The number of amides is 1. The minimum Gasteiger partial charge on any atom is -0.338 e. The van der Waals surface area contributed by atoms with Crippen LogP contribution in [0.15, 0.2) is 0 Å². The van der Waals surface area contributed by atoms with E-state index in [1.165, 1.54) is 12.8 Å². The van der Waals surface area contributed by atoms with Crippen LogP contribution in [0.4, 0.5) is 0 Å². The highest BCUT2D eigenvalue weighted by atomic mass is 16.2. The molecule has 2 fully saturated rings. The van der Waals surface area contributed by atoms with Gasteiger partial charge in [0, 0.05) is 25.0 Å². The Bertz CT molecular complexity index is 295. The highest BCUT2D eigenvalue weighted by molar-refractivity contribution is 5.80. The monoisotopic (exact) mass is 238 g/mol. The van der Waals surface area contributed by atoms with Gasteiger partial charge in [0.1, 0.15) is 0 Å². The number of rotatable bonds is 1. The lowest BCUT2D eigenvalue weighted by Crippen LogP contribution is -2.50. The molecule has 17 heavy (non-hydrogen) atoms. The Morgan fingerprint density at radius 1 is 1.35 bits per heavy atom. The molecule has 3 nitrogen and oxygen atoms in total. The van der Waals surface area contributed by atoms with Gasteiger partial charge in [-0.05, 0) is 30.7 Å². The van der Waals surface area contributed by atoms with E-state index in [0.717, 1.165) is 25.6 Å². The van der Waals surface area contributed by atoms with Crippen molar-refractivity contribution in [2.24, 2.45) is 17.3 Å². The first kappa shape index (κ1) is 12.9. The van der Waals surface area contributed by atoms with Crippen LogP contribution in [0.2, 0.25) is 0 Å². The van der Waals surface area contributed by atoms with Gasteiger partial charge >= 0.3 is 0 Å². The average molecular weight is 238 g/mol. The summed E-state index contributed by atoms with van der Waals surface area (Å²) >= 11 is 0. The van der Waals surface area contributed by atoms with Gasteiger partial charge in [-0.2, -0.15) is 0 Å². The molecule has 1 N–H and O–H groups in total. The molecule has 2 aliphatic heterocycles. The molecule has 0 spiro atoms. The fourth-order valence-corrected chi connectivity index (χ4v) is 2.96. The molecule has 2 aliphatic rings. The molecule has 0 aliphatic carbocycles. The summed E-state index contributed by atoms with van der Waals surface area (Å²) in [6.45, 7) is 11.6. The molecule has 0 bridgehead atoms. The lowest BCUT2D eigenvalue weighted by Gasteiger charge is -2.36. The Labute approximate surface area is 105 Å². The van der Waals surface area contributed by atoms with Gasteiger partial charge in [-0.3, -0.25) is 4.79 Å². The largest absolute Gasteiger partial charge is 0.338 e. The molecule has 2 saturated heterocycles. The second-order valence-electron chi connectivity index (χ2n) is 6.73. The molecule has 2 heterocycles. The van der Waals surface area contributed by atoms with Crippen LogP contribution >= 0.6 is 0 Å². The topological polar surface area (TPSA) is 32.3 Å². The fraction of sp³-hybridized carbons (Fsp3) is 0.929. The van der Waals surface area contributed by atoms with Gasteiger partial charge in [0.15, 0.2) is 0 Å². The summed E-state index contributed by atoms with van der Waals surface area (Å²) in [5.74, 6) is 1.21. The third kappa shape index (κ3) is 2.49. The Morgan fingerprint density at radius 2 is 2.06 bits per heavy atom. The number of nitrogens with zero attached hydrogens (tertiary/aromatic N) is 1. The number of carbonyl (C=O) groups excluding carboxylic acids is 1. The smallest absolute Gasteiger partial charge is 0.226 e. The van der Waals surface area contributed by atoms with Crippen molar-refractivity contribution in [2.45, 2.75) is 46.6 Å². The second-order valence-corrected chi connectivity index (χ2v) is 6.73. The molecule has 0 radical (unpaired) electrons. The van der Waals surface area contributed by atoms with Gasteiger partial charge in [-0.1, -0.05) is 27.7 Å². The summed E-state index contributed by atoms with van der Waals surface area (Å²) in [4.78, 5) is 14.7. The zero-order valence-electron chi connectivity index (χ0n) is 11.6. The third-order valence-corrected chi connectivity index (χ3v) is 4.68. The van der Waals surface area contributed by atoms with Crippen molar-refractivity contribution < 1.29 is 4.79 Å². The van der Waals surface area contributed by atoms with Crippen LogP contribution in [0.25, 0.3) is 0 Å². The first-order chi connectivity index (χ1) is 7.91. The first-order valence-electron chi connectivity index (χ1n) is 6.92. The number of piperidine rings is 1. The van der Waals surface area contributed by atoms with Crippen LogP contribution in [0.1, 0.15) is 40.5 Å². The number of hydrogen-bond donors (Lipinski definition) is 1. The molecule has 3 atom stereocenters. The van der Waals surface area contributed by atoms with Crippen molar-refractivity contribution in [3.8, 4) is 0 Å². The Morgan fingerprint density at radius 3 is 2.71 bits per heavy atom. The lowest BCUT2D eigenvalue weighted by molar-refractivity contribution is -0.139. The summed E-state index contributed by atoms with van der Waals surface area (Å²) in [6.07, 6.45) is 2.44. The molecule has 0 aromatic heterocycles. The zero-order chi connectivity index (χ0) is 12.6. The molecule has 0 saturated carbocycles. The SMILES string of the molecule is CC(C(=O)N1CC[C@H]2CCNC[C@H]21)C(C)(C)C.